The third kappa shape index (κ3) is 44.9. The van der Waals surface area contributed by atoms with Crippen molar-refractivity contribution >= 4 is 10.4 Å². The predicted molar refractivity (Wildman–Crippen MR) is 92.7 cm³/mol. The van der Waals surface area contributed by atoms with Gasteiger partial charge in [-0.05, 0) is 38.5 Å². The molecule has 0 aromatic rings. The van der Waals surface area contributed by atoms with Crippen LogP contribution in [-0.4, -0.2) is 29.6 Å². The van der Waals surface area contributed by atoms with Crippen LogP contribution in [0.25, 0.3) is 0 Å². The van der Waals surface area contributed by atoms with Gasteiger partial charge in [-0.1, -0.05) is 53.4 Å². The molecule has 2 unspecified atom stereocenters. The molecule has 0 aliphatic carbocycles. The van der Waals surface area contributed by atoms with Gasteiger partial charge in [0.2, 0.25) is 0 Å². The molecule has 0 amide bonds. The normalized spacial score (nSPS) is 13.2. The Balaban J connectivity index is -0.000000273. The van der Waals surface area contributed by atoms with E-state index in [1.54, 1.807) is 0 Å². The van der Waals surface area contributed by atoms with Crippen molar-refractivity contribution in [2.24, 2.45) is 0 Å². The first-order chi connectivity index (χ1) is 10.6. The summed E-state index contributed by atoms with van der Waals surface area (Å²) >= 11 is 0. The van der Waals surface area contributed by atoms with E-state index in [-0.39, 0.29) is 0 Å². The molecule has 7 heteroatoms. The maximum atomic E-state index is 8.52. The molecule has 6 nitrogen and oxygen atoms in total. The molecule has 0 saturated heterocycles. The predicted octanol–water partition coefficient (Wildman–Crippen LogP) is 1.84. The Morgan fingerprint density at radius 2 is 1.00 bits per heavy atom. The molecule has 2 atom stereocenters. The molecule has 23 heavy (non-hydrogen) atoms. The monoisotopic (exact) mass is 356 g/mol. The van der Waals surface area contributed by atoms with Gasteiger partial charge in [-0.15, -0.1) is 0 Å². The van der Waals surface area contributed by atoms with Crippen molar-refractivity contribution in [3.05, 3.63) is 0 Å². The van der Waals surface area contributed by atoms with Crippen LogP contribution >= 0.6 is 0 Å². The van der Waals surface area contributed by atoms with E-state index in [1.165, 1.54) is 64.2 Å². The van der Waals surface area contributed by atoms with Gasteiger partial charge in [0.15, 0.2) is 0 Å². The number of hydrogen-bond acceptors (Lipinski definition) is 4. The Morgan fingerprint density at radius 3 is 1.17 bits per heavy atom. The fraction of sp³-hybridized carbons (Fsp3) is 1.00. The van der Waals surface area contributed by atoms with Gasteiger partial charge in [-0.3, -0.25) is 8.42 Å². The molecule has 144 valence electrons. The average Bonchev–Trinajstić information content (AvgIpc) is 2.46. The van der Waals surface area contributed by atoms with E-state index in [4.69, 9.17) is 17.5 Å². The van der Waals surface area contributed by atoms with Gasteiger partial charge >= 0.3 is 0 Å². The van der Waals surface area contributed by atoms with Crippen molar-refractivity contribution in [1.82, 2.24) is 0 Å². The first-order valence-corrected chi connectivity index (χ1v) is 10.3. The summed E-state index contributed by atoms with van der Waals surface area (Å²) in [7, 11) is -5.17. The Hall–Kier alpha value is -0.210. The summed E-state index contributed by atoms with van der Waals surface area (Å²) in [4.78, 5) is 0. The second-order valence-electron chi connectivity index (χ2n) is 5.95. The Kier molecular flexibility index (Phi) is 23.8. The minimum atomic E-state index is -5.17. The maximum absolute atomic E-state index is 8.52. The highest BCUT2D eigenvalue weighted by Gasteiger charge is 2.00. The van der Waals surface area contributed by atoms with Crippen LogP contribution in [0.1, 0.15) is 91.9 Å². The molecular weight excluding hydrogens is 316 g/mol. The number of unbranched alkanes of at least 4 members (excludes halogenated alkanes) is 4. The van der Waals surface area contributed by atoms with Crippen LogP contribution in [0.5, 0.6) is 0 Å². The number of hydrogen-bond donors (Lipinski definition) is 2. The van der Waals surface area contributed by atoms with E-state index in [9.17, 15) is 0 Å². The molecule has 0 rings (SSSR count). The zero-order chi connectivity index (χ0) is 18.7. The third-order valence-electron chi connectivity index (χ3n) is 3.59. The first kappa shape index (κ1) is 27.6. The van der Waals surface area contributed by atoms with E-state index < -0.39 is 10.4 Å². The lowest BCUT2D eigenvalue weighted by Gasteiger charge is -2.06. The molecule has 0 aliphatic heterocycles. The SMILES string of the molecule is CCCCCC([NH3+])CC.CCCCCC([NH3+])CC.O=S(=O)([O-])[O-]. The van der Waals surface area contributed by atoms with Gasteiger partial charge in [0.1, 0.15) is 0 Å². The lowest BCUT2D eigenvalue weighted by molar-refractivity contribution is -0.422. The Labute approximate surface area is 144 Å². The fourth-order valence-corrected chi connectivity index (χ4v) is 1.77. The van der Waals surface area contributed by atoms with Crippen molar-refractivity contribution in [3.8, 4) is 0 Å². The van der Waals surface area contributed by atoms with Crippen LogP contribution in [0.4, 0.5) is 0 Å². The summed E-state index contributed by atoms with van der Waals surface area (Å²) in [5.74, 6) is 0. The smallest absolute Gasteiger partial charge is 0.0840 e. The molecular formula is C16H40N2O4S. The van der Waals surface area contributed by atoms with Crippen LogP contribution in [0, 0.1) is 0 Å². The fourth-order valence-electron chi connectivity index (χ4n) is 1.77. The van der Waals surface area contributed by atoms with Crippen molar-refractivity contribution in [2.75, 3.05) is 0 Å². The standard InChI is InChI=1S/2C8H19N.H2O4S/c2*1-3-5-6-7-8(9)4-2;1-5(2,3)4/h2*8H,3-7,9H2,1-2H3;(H2,1,2,3,4). The average molecular weight is 357 g/mol. The van der Waals surface area contributed by atoms with Crippen LogP contribution < -0.4 is 11.5 Å². The topological polar surface area (TPSA) is 136 Å². The zero-order valence-corrected chi connectivity index (χ0v) is 16.5. The highest BCUT2D eigenvalue weighted by molar-refractivity contribution is 7.79. The van der Waals surface area contributed by atoms with E-state index >= 15 is 0 Å². The molecule has 0 aromatic carbocycles. The Bertz CT molecular complexity index is 287. The molecule has 0 fully saturated rings. The highest BCUT2D eigenvalue weighted by atomic mass is 32.3. The molecule has 0 aliphatic rings. The van der Waals surface area contributed by atoms with Crippen molar-refractivity contribution < 1.29 is 29.0 Å². The summed E-state index contributed by atoms with van der Waals surface area (Å²) in [6.07, 6.45) is 13.3. The lowest BCUT2D eigenvalue weighted by atomic mass is 10.1. The van der Waals surface area contributed by atoms with Gasteiger partial charge in [-0.25, -0.2) is 0 Å². The van der Waals surface area contributed by atoms with Crippen LogP contribution in [0.2, 0.25) is 0 Å². The van der Waals surface area contributed by atoms with Crippen molar-refractivity contribution in [1.29, 1.82) is 0 Å². The molecule has 0 bridgehead atoms. The van der Waals surface area contributed by atoms with Crippen LogP contribution in [0.3, 0.4) is 0 Å². The Morgan fingerprint density at radius 1 is 0.739 bits per heavy atom. The second kappa shape index (κ2) is 19.8. The van der Waals surface area contributed by atoms with E-state index in [0.717, 1.165) is 0 Å². The van der Waals surface area contributed by atoms with Crippen molar-refractivity contribution in [3.63, 3.8) is 0 Å². The summed E-state index contributed by atoms with van der Waals surface area (Å²) < 4.78 is 34.1. The van der Waals surface area contributed by atoms with E-state index in [2.05, 4.69) is 39.2 Å². The van der Waals surface area contributed by atoms with E-state index in [0.29, 0.717) is 12.1 Å². The molecule has 0 radical (unpaired) electrons. The van der Waals surface area contributed by atoms with Gasteiger partial charge in [0, 0.05) is 10.4 Å². The van der Waals surface area contributed by atoms with Crippen LogP contribution in [0.15, 0.2) is 0 Å². The van der Waals surface area contributed by atoms with Gasteiger partial charge < -0.3 is 20.6 Å². The summed E-state index contributed by atoms with van der Waals surface area (Å²) in [6, 6.07) is 1.41. The van der Waals surface area contributed by atoms with Gasteiger partial charge in [0.05, 0.1) is 12.1 Å². The summed E-state index contributed by atoms with van der Waals surface area (Å²) in [6.45, 7) is 8.90. The molecule has 6 N–H and O–H groups in total. The van der Waals surface area contributed by atoms with Gasteiger partial charge in [0.25, 0.3) is 0 Å². The first-order valence-electron chi connectivity index (χ1n) is 8.94. The summed E-state index contributed by atoms with van der Waals surface area (Å²) in [5, 5.41) is 0. The quantitative estimate of drug-likeness (QED) is 0.350. The highest BCUT2D eigenvalue weighted by Crippen LogP contribution is 2.02. The minimum absolute atomic E-state index is 0.705. The van der Waals surface area contributed by atoms with E-state index in [1.807, 2.05) is 0 Å². The van der Waals surface area contributed by atoms with Gasteiger partial charge in [-0.2, -0.15) is 0 Å². The largest absolute Gasteiger partial charge is 0.759 e. The molecule has 0 heterocycles. The van der Waals surface area contributed by atoms with Crippen molar-refractivity contribution in [2.45, 2.75) is 104 Å². The lowest BCUT2D eigenvalue weighted by Crippen LogP contribution is -2.60. The molecule has 0 saturated carbocycles. The minimum Gasteiger partial charge on any atom is -0.759 e. The second-order valence-corrected chi connectivity index (χ2v) is 6.76. The maximum Gasteiger partial charge on any atom is 0.0840 e. The number of quaternary nitrogens is 2. The number of rotatable bonds is 10. The molecule has 0 aromatic heterocycles. The molecule has 0 spiro atoms. The summed E-state index contributed by atoms with van der Waals surface area (Å²) in [5.41, 5.74) is 8.06. The zero-order valence-electron chi connectivity index (χ0n) is 15.7. The van der Waals surface area contributed by atoms with Crippen LogP contribution in [-0.2, 0) is 10.4 Å². The third-order valence-corrected chi connectivity index (χ3v) is 3.59.